The van der Waals surface area contributed by atoms with Crippen LogP contribution in [-0.4, -0.2) is 10.4 Å². The van der Waals surface area contributed by atoms with E-state index in [0.29, 0.717) is 0 Å². The van der Waals surface area contributed by atoms with Crippen LogP contribution in [0.4, 0.5) is 0 Å². The maximum atomic E-state index is 6.93. The minimum absolute atomic E-state index is 0.270. The van der Waals surface area contributed by atoms with E-state index in [0.717, 1.165) is 56.4 Å². The van der Waals surface area contributed by atoms with Crippen molar-refractivity contribution in [1.82, 2.24) is 15.2 Å². The Morgan fingerprint density at radius 2 is 1.35 bits per heavy atom. The van der Waals surface area contributed by atoms with E-state index in [2.05, 4.69) is 204 Å². The van der Waals surface area contributed by atoms with E-state index in [-0.39, 0.29) is 17.7 Å². The van der Waals surface area contributed by atoms with Gasteiger partial charge in [0.05, 0.1) is 5.52 Å². The molecule has 11 rings (SSSR count). The van der Waals surface area contributed by atoms with E-state index >= 15 is 0 Å². The summed E-state index contributed by atoms with van der Waals surface area (Å²) in [7, 11) is 0. The molecule has 0 bridgehead atoms. The van der Waals surface area contributed by atoms with Gasteiger partial charge in [-0.25, -0.2) is 4.99 Å². The Kier molecular flexibility index (Phi) is 7.83. The molecule has 3 unspecified atom stereocenters. The van der Waals surface area contributed by atoms with Crippen molar-refractivity contribution in [2.45, 2.75) is 31.1 Å². The third-order valence-corrected chi connectivity index (χ3v) is 11.8. The molecule has 2 aliphatic rings. The van der Waals surface area contributed by atoms with Gasteiger partial charge in [-0.1, -0.05) is 165 Å². The Balaban J connectivity index is 1.03. The van der Waals surface area contributed by atoms with Crippen molar-refractivity contribution >= 4 is 50.8 Å². The number of hydrogen-bond acceptors (Lipinski definition) is 4. The lowest BCUT2D eigenvalue weighted by Crippen LogP contribution is -2.45. The highest BCUT2D eigenvalue weighted by atomic mass is 16.3. The first-order valence-corrected chi connectivity index (χ1v) is 19.8. The van der Waals surface area contributed by atoms with Gasteiger partial charge in [-0.3, -0.25) is 5.32 Å². The normalized spacial score (nSPS) is 19.1. The van der Waals surface area contributed by atoms with Crippen LogP contribution < -0.4 is 21.2 Å². The Bertz CT molecular complexity index is 3130. The molecule has 3 heterocycles. The smallest absolute Gasteiger partial charge is 0.142 e. The second-order valence-corrected chi connectivity index (χ2v) is 15.4. The number of aromatic nitrogens is 1. The van der Waals surface area contributed by atoms with Gasteiger partial charge in [0.25, 0.3) is 0 Å². The summed E-state index contributed by atoms with van der Waals surface area (Å²) in [5.41, 5.74) is 10.7. The van der Waals surface area contributed by atoms with Gasteiger partial charge >= 0.3 is 0 Å². The van der Waals surface area contributed by atoms with Gasteiger partial charge in [0.15, 0.2) is 0 Å². The van der Waals surface area contributed by atoms with Crippen molar-refractivity contribution in [2.24, 2.45) is 4.99 Å². The van der Waals surface area contributed by atoms with E-state index in [1.807, 2.05) is 6.07 Å². The second kappa shape index (κ2) is 13.4. The van der Waals surface area contributed by atoms with Gasteiger partial charge in [-0.2, -0.15) is 0 Å². The molecule has 0 saturated carbocycles. The van der Waals surface area contributed by atoms with Gasteiger partial charge in [0.2, 0.25) is 0 Å². The average molecular weight is 737 g/mol. The molecule has 0 spiro atoms. The van der Waals surface area contributed by atoms with E-state index in [9.17, 15) is 0 Å². The molecule has 9 aromatic rings. The summed E-state index contributed by atoms with van der Waals surface area (Å²) >= 11 is 0. The van der Waals surface area contributed by atoms with E-state index in [1.54, 1.807) is 0 Å². The molecule has 5 nitrogen and oxygen atoms in total. The summed E-state index contributed by atoms with van der Waals surface area (Å²) in [5, 5.41) is 13.7. The number of para-hydroxylation sites is 3. The Labute approximate surface area is 330 Å². The molecule has 1 aliphatic carbocycles. The number of furan rings is 1. The lowest BCUT2D eigenvalue weighted by atomic mass is 9.75. The molecule has 7 aromatic carbocycles. The maximum absolute atomic E-state index is 6.93. The highest BCUT2D eigenvalue weighted by molar-refractivity contribution is 6.09. The first-order chi connectivity index (χ1) is 28.1. The first kappa shape index (κ1) is 33.4. The lowest BCUT2D eigenvalue weighted by molar-refractivity contribution is 0.408. The zero-order chi connectivity index (χ0) is 37.9. The highest BCUT2D eigenvalue weighted by Crippen LogP contribution is 2.43. The predicted octanol–water partition coefficient (Wildman–Crippen LogP) is 10.5. The number of fused-ring (bicyclic) bond motifs is 6. The number of hydrogen-bond donors (Lipinski definition) is 2. The first-order valence-electron chi connectivity index (χ1n) is 19.8. The van der Waals surface area contributed by atoms with Crippen LogP contribution in [0.25, 0.3) is 61.8 Å². The van der Waals surface area contributed by atoms with Crippen molar-refractivity contribution in [1.29, 1.82) is 0 Å². The van der Waals surface area contributed by atoms with Crippen LogP contribution in [0.5, 0.6) is 0 Å². The number of amidine groups is 1. The summed E-state index contributed by atoms with van der Waals surface area (Å²) < 4.78 is 9.33. The maximum Gasteiger partial charge on any atom is 0.142 e. The monoisotopic (exact) mass is 736 g/mol. The molecular formula is C52H40N4O. The van der Waals surface area contributed by atoms with Crippen molar-refractivity contribution in [2.75, 3.05) is 0 Å². The van der Waals surface area contributed by atoms with Crippen LogP contribution in [0.15, 0.2) is 185 Å². The predicted molar refractivity (Wildman–Crippen MR) is 234 cm³/mol. The van der Waals surface area contributed by atoms with Gasteiger partial charge in [-0.05, 0) is 59.0 Å². The van der Waals surface area contributed by atoms with E-state index in [4.69, 9.17) is 9.41 Å². The number of nitrogens with zero attached hydrogens (tertiary/aromatic N) is 2. The Hall–Kier alpha value is -6.95. The van der Waals surface area contributed by atoms with Gasteiger partial charge < -0.3 is 14.3 Å². The topological polar surface area (TPSA) is 54.5 Å². The zero-order valence-corrected chi connectivity index (χ0v) is 31.6. The third-order valence-electron chi connectivity index (χ3n) is 11.8. The van der Waals surface area contributed by atoms with E-state index in [1.165, 1.54) is 38.3 Å². The molecular weight excluding hydrogens is 697 g/mol. The SMILES string of the molecule is CC1(c2cccc3oc4c(C5NC(c6ccccc6)=NC(c6cccc(-c7ccccc7)c6)N5)cccc4c23)C=c2c(n(-c3ccccc3)c3ccccc23)=CC1. The molecule has 1 aliphatic heterocycles. The minimum Gasteiger partial charge on any atom is -0.456 e. The molecule has 5 heteroatoms. The molecule has 0 amide bonds. The van der Waals surface area contributed by atoms with Crippen molar-refractivity contribution in [3.05, 3.63) is 209 Å². The fourth-order valence-corrected chi connectivity index (χ4v) is 9.09. The summed E-state index contributed by atoms with van der Waals surface area (Å²) in [6.45, 7) is 2.37. The Morgan fingerprint density at radius 1 is 0.667 bits per heavy atom. The van der Waals surface area contributed by atoms with Crippen LogP contribution in [0.1, 0.15) is 47.9 Å². The van der Waals surface area contributed by atoms with Gasteiger partial charge in [-0.15, -0.1) is 0 Å². The number of benzene rings is 7. The van der Waals surface area contributed by atoms with Crippen LogP contribution in [0.2, 0.25) is 0 Å². The third kappa shape index (κ3) is 5.62. The number of rotatable bonds is 6. The molecule has 2 aromatic heterocycles. The molecule has 274 valence electrons. The largest absolute Gasteiger partial charge is 0.456 e. The zero-order valence-electron chi connectivity index (χ0n) is 31.6. The summed E-state index contributed by atoms with van der Waals surface area (Å²) in [5.74, 6) is 0.841. The average Bonchev–Trinajstić information content (AvgIpc) is 3.83. The van der Waals surface area contributed by atoms with Crippen LogP contribution in [-0.2, 0) is 5.41 Å². The molecule has 0 radical (unpaired) electrons. The number of aliphatic imine (C=N–C) groups is 1. The van der Waals surface area contributed by atoms with Crippen molar-refractivity contribution < 1.29 is 4.42 Å². The molecule has 3 atom stereocenters. The van der Waals surface area contributed by atoms with Gasteiger partial charge in [0.1, 0.15) is 29.3 Å². The Morgan fingerprint density at radius 3 is 2.18 bits per heavy atom. The quantitative estimate of drug-likeness (QED) is 0.179. The van der Waals surface area contributed by atoms with Crippen molar-refractivity contribution in [3.8, 4) is 16.8 Å². The fraction of sp³-hybridized carbons (Fsp3) is 0.0962. The summed E-state index contributed by atoms with van der Waals surface area (Å²) in [4.78, 5) is 5.26. The minimum atomic E-state index is -0.288. The molecule has 57 heavy (non-hydrogen) atoms. The van der Waals surface area contributed by atoms with Crippen molar-refractivity contribution in [3.63, 3.8) is 0 Å². The van der Waals surface area contributed by atoms with E-state index < -0.39 is 0 Å². The van der Waals surface area contributed by atoms with Gasteiger partial charge in [0, 0.05) is 49.0 Å². The fourth-order valence-electron chi connectivity index (χ4n) is 9.09. The number of nitrogens with one attached hydrogen (secondary N) is 2. The molecule has 0 saturated heterocycles. The van der Waals surface area contributed by atoms with Crippen LogP contribution in [0.3, 0.4) is 0 Å². The second-order valence-electron chi connectivity index (χ2n) is 15.4. The highest BCUT2D eigenvalue weighted by Gasteiger charge is 2.32. The van der Waals surface area contributed by atoms with Crippen LogP contribution in [0, 0.1) is 0 Å². The van der Waals surface area contributed by atoms with Crippen LogP contribution >= 0.6 is 0 Å². The standard InChI is InChI=1S/C52H40N4O/c1-52(31-30-45-42(33-52)39-24-11-12-28-44(39)56(45)38-22-9-4-10-23-38)43-27-15-29-46-47(43)40-25-14-26-41(48(40)57-46)51-54-49(35-18-7-3-8-19-35)53-50(55-51)37-21-13-20-36(32-37)34-16-5-2-6-17-34/h2-30,32-33,50-51,55H,31H2,1H3,(H,53,54). The summed E-state index contributed by atoms with van der Waals surface area (Å²) in [6, 6.07) is 62.2. The molecule has 0 fully saturated rings. The lowest BCUT2D eigenvalue weighted by Gasteiger charge is -2.32. The summed E-state index contributed by atoms with van der Waals surface area (Å²) in [6.07, 6.45) is 5.24. The molecule has 2 N–H and O–H groups in total.